The topological polar surface area (TPSA) is 119 Å². The molecular formula is C32H24BrN3O7. The number of benzene rings is 4. The van der Waals surface area contributed by atoms with E-state index >= 15 is 0 Å². The number of urea groups is 1. The number of nitro benzene ring substituents is 1. The third kappa shape index (κ3) is 6.16. The molecule has 0 bridgehead atoms. The molecule has 11 heteroatoms. The highest BCUT2D eigenvalue weighted by Gasteiger charge is 2.43. The lowest BCUT2D eigenvalue weighted by Crippen LogP contribution is -2.57. The number of amides is 4. The highest BCUT2D eigenvalue weighted by molar-refractivity contribution is 9.10. The Hall–Kier alpha value is -5.29. The van der Waals surface area contributed by atoms with Gasteiger partial charge in [0.1, 0.15) is 12.2 Å². The van der Waals surface area contributed by atoms with Crippen molar-refractivity contribution in [2.75, 3.05) is 16.4 Å². The van der Waals surface area contributed by atoms with Crippen LogP contribution in [-0.2, 0) is 16.2 Å². The van der Waals surface area contributed by atoms with Gasteiger partial charge in [0.05, 0.1) is 27.4 Å². The van der Waals surface area contributed by atoms with Crippen molar-refractivity contribution in [3.63, 3.8) is 0 Å². The van der Waals surface area contributed by atoms with Crippen LogP contribution in [0.25, 0.3) is 6.08 Å². The van der Waals surface area contributed by atoms with Gasteiger partial charge in [0.2, 0.25) is 0 Å². The summed E-state index contributed by atoms with van der Waals surface area (Å²) in [5.74, 6) is -0.883. The van der Waals surface area contributed by atoms with E-state index in [-0.39, 0.29) is 24.5 Å². The zero-order valence-corrected chi connectivity index (χ0v) is 24.4. The lowest BCUT2D eigenvalue weighted by molar-refractivity contribution is -0.384. The van der Waals surface area contributed by atoms with E-state index in [9.17, 15) is 24.5 Å². The molecule has 1 fully saturated rings. The molecular weight excluding hydrogens is 618 g/mol. The summed E-state index contributed by atoms with van der Waals surface area (Å²) >= 11 is 3.49. The van der Waals surface area contributed by atoms with Crippen molar-refractivity contribution in [3.8, 4) is 11.5 Å². The zero-order valence-electron chi connectivity index (χ0n) is 22.8. The van der Waals surface area contributed by atoms with Gasteiger partial charge in [0, 0.05) is 12.1 Å². The fourth-order valence-electron chi connectivity index (χ4n) is 4.50. The molecule has 4 aromatic carbocycles. The van der Waals surface area contributed by atoms with Crippen LogP contribution < -0.4 is 19.3 Å². The van der Waals surface area contributed by atoms with Gasteiger partial charge in [-0.3, -0.25) is 19.7 Å². The number of para-hydroxylation sites is 2. The molecule has 0 aliphatic carbocycles. The summed E-state index contributed by atoms with van der Waals surface area (Å²) in [5.41, 5.74) is 1.37. The minimum atomic E-state index is -0.786. The van der Waals surface area contributed by atoms with E-state index in [1.54, 1.807) is 91.9 Å². The van der Waals surface area contributed by atoms with Gasteiger partial charge in [-0.1, -0.05) is 48.5 Å². The van der Waals surface area contributed by atoms with E-state index < -0.39 is 22.8 Å². The van der Waals surface area contributed by atoms with Crippen molar-refractivity contribution < 1.29 is 28.8 Å². The second kappa shape index (κ2) is 12.7. The Morgan fingerprint density at radius 3 is 1.98 bits per heavy atom. The van der Waals surface area contributed by atoms with Gasteiger partial charge in [0.15, 0.2) is 11.5 Å². The zero-order chi connectivity index (χ0) is 30.5. The lowest BCUT2D eigenvalue weighted by Gasteiger charge is -2.34. The molecule has 1 aliphatic heterocycles. The van der Waals surface area contributed by atoms with Crippen molar-refractivity contribution in [2.24, 2.45) is 0 Å². The quantitative estimate of drug-likeness (QED) is 0.0842. The molecule has 0 unspecified atom stereocenters. The summed E-state index contributed by atoms with van der Waals surface area (Å²) < 4.78 is 12.3. The number of hydrogen-bond donors (Lipinski definition) is 0. The molecule has 43 heavy (non-hydrogen) atoms. The average molecular weight is 642 g/mol. The summed E-state index contributed by atoms with van der Waals surface area (Å²) in [7, 11) is 0. The second-order valence-electron chi connectivity index (χ2n) is 9.27. The predicted octanol–water partition coefficient (Wildman–Crippen LogP) is 6.92. The number of barbiturate groups is 1. The Bertz CT molecular complexity index is 1680. The van der Waals surface area contributed by atoms with Crippen molar-refractivity contribution in [3.05, 3.63) is 128 Å². The van der Waals surface area contributed by atoms with E-state index in [0.717, 1.165) is 9.80 Å². The fourth-order valence-corrected chi connectivity index (χ4v) is 5.07. The Morgan fingerprint density at radius 1 is 0.814 bits per heavy atom. The van der Waals surface area contributed by atoms with Crippen molar-refractivity contribution in [2.45, 2.75) is 13.5 Å². The third-order valence-electron chi connectivity index (χ3n) is 6.43. The van der Waals surface area contributed by atoms with E-state index in [4.69, 9.17) is 9.47 Å². The van der Waals surface area contributed by atoms with E-state index in [1.165, 1.54) is 18.2 Å². The van der Waals surface area contributed by atoms with Crippen LogP contribution in [0.1, 0.15) is 18.1 Å². The molecule has 4 aromatic rings. The van der Waals surface area contributed by atoms with Gasteiger partial charge >= 0.3 is 6.03 Å². The first-order chi connectivity index (χ1) is 20.8. The normalized spacial score (nSPS) is 13.3. The predicted molar refractivity (Wildman–Crippen MR) is 164 cm³/mol. The number of nitrogens with zero attached hydrogens (tertiary/aromatic N) is 3. The Balaban J connectivity index is 1.53. The maximum absolute atomic E-state index is 13.7. The smallest absolute Gasteiger partial charge is 0.343 e. The van der Waals surface area contributed by atoms with Gasteiger partial charge in [-0.05, 0) is 76.5 Å². The Kier molecular flexibility index (Phi) is 8.63. The molecule has 0 spiro atoms. The number of carbonyl (C=O) groups excluding carboxylic acids is 3. The SMILES string of the molecule is CCOc1cc(C=C2C(=O)N(c3ccccc3)C(=O)N(c3ccccc3)C2=O)cc(Br)c1OCc1cccc([N+](=O)[O-])c1. The van der Waals surface area contributed by atoms with E-state index in [1.807, 2.05) is 0 Å². The number of hydrogen-bond acceptors (Lipinski definition) is 7. The third-order valence-corrected chi connectivity index (χ3v) is 7.01. The minimum absolute atomic E-state index is 0.0257. The summed E-state index contributed by atoms with van der Waals surface area (Å²) in [4.78, 5) is 53.5. The maximum Gasteiger partial charge on any atom is 0.343 e. The molecule has 216 valence electrons. The number of rotatable bonds is 9. The molecule has 10 nitrogen and oxygen atoms in total. The number of non-ortho nitro benzene ring substituents is 1. The van der Waals surface area contributed by atoms with Crippen molar-refractivity contribution in [1.82, 2.24) is 0 Å². The van der Waals surface area contributed by atoms with Crippen LogP contribution in [0.4, 0.5) is 21.9 Å². The first-order valence-corrected chi connectivity index (χ1v) is 13.9. The number of carbonyl (C=O) groups is 3. The fraction of sp³-hybridized carbons (Fsp3) is 0.0938. The lowest BCUT2D eigenvalue weighted by atomic mass is 10.0. The van der Waals surface area contributed by atoms with Crippen LogP contribution in [0.2, 0.25) is 0 Å². The summed E-state index contributed by atoms with van der Waals surface area (Å²) in [6.07, 6.45) is 1.40. The second-order valence-corrected chi connectivity index (χ2v) is 10.1. The molecule has 1 aliphatic rings. The first kappa shape index (κ1) is 29.2. The number of ether oxygens (including phenoxy) is 2. The van der Waals surface area contributed by atoms with E-state index in [0.29, 0.717) is 38.5 Å². The summed E-state index contributed by atoms with van der Waals surface area (Å²) in [6, 6.07) is 25.3. The molecule has 0 aromatic heterocycles. The summed E-state index contributed by atoms with van der Waals surface area (Å²) in [5, 5.41) is 11.1. The van der Waals surface area contributed by atoms with Crippen LogP contribution in [0, 0.1) is 10.1 Å². The molecule has 1 heterocycles. The number of nitro groups is 1. The molecule has 5 rings (SSSR count). The van der Waals surface area contributed by atoms with Crippen molar-refractivity contribution >= 4 is 56.9 Å². The highest BCUT2D eigenvalue weighted by Crippen LogP contribution is 2.39. The molecule has 4 amide bonds. The van der Waals surface area contributed by atoms with E-state index in [2.05, 4.69) is 15.9 Å². The molecule has 0 saturated carbocycles. The van der Waals surface area contributed by atoms with Crippen LogP contribution >= 0.6 is 15.9 Å². The van der Waals surface area contributed by atoms with Crippen LogP contribution in [0.5, 0.6) is 11.5 Å². The number of anilines is 2. The number of halogens is 1. The maximum atomic E-state index is 13.7. The van der Waals surface area contributed by atoms with Gasteiger partial charge in [-0.15, -0.1) is 0 Å². The molecule has 1 saturated heterocycles. The van der Waals surface area contributed by atoms with Crippen LogP contribution in [0.3, 0.4) is 0 Å². The van der Waals surface area contributed by atoms with Gasteiger partial charge < -0.3 is 9.47 Å². The Morgan fingerprint density at radius 2 is 1.42 bits per heavy atom. The van der Waals surface area contributed by atoms with Gasteiger partial charge in [-0.2, -0.15) is 0 Å². The van der Waals surface area contributed by atoms with Crippen LogP contribution in [-0.4, -0.2) is 29.4 Å². The number of imide groups is 2. The first-order valence-electron chi connectivity index (χ1n) is 13.2. The molecule has 0 radical (unpaired) electrons. The summed E-state index contributed by atoms with van der Waals surface area (Å²) in [6.45, 7) is 2.10. The van der Waals surface area contributed by atoms with Gasteiger partial charge in [0.25, 0.3) is 17.5 Å². The average Bonchev–Trinajstić information content (AvgIpc) is 3.00. The van der Waals surface area contributed by atoms with Crippen molar-refractivity contribution in [1.29, 1.82) is 0 Å². The molecule has 0 N–H and O–H groups in total. The van der Waals surface area contributed by atoms with Crippen LogP contribution in [0.15, 0.2) is 107 Å². The molecule has 0 atom stereocenters. The van der Waals surface area contributed by atoms with Gasteiger partial charge in [-0.25, -0.2) is 14.6 Å². The standard InChI is InChI=1S/C32H24BrN3O7/c1-2-42-28-19-22(18-27(33)29(28)43-20-21-10-9-15-25(16-21)36(40)41)17-26-30(37)34(23-11-5-3-6-12-23)32(39)35(31(26)38)24-13-7-4-8-14-24/h3-19H,2,20H2,1H3. The monoisotopic (exact) mass is 641 g/mol. The largest absolute Gasteiger partial charge is 0.490 e. The minimum Gasteiger partial charge on any atom is -0.490 e. The highest BCUT2D eigenvalue weighted by atomic mass is 79.9. The Labute approximate surface area is 255 Å².